The summed E-state index contributed by atoms with van der Waals surface area (Å²) in [5.41, 5.74) is 2.34. The normalized spacial score (nSPS) is 10.7. The van der Waals surface area contributed by atoms with Gasteiger partial charge in [0.2, 0.25) is 9.04 Å². The molecule has 0 amide bonds. The highest BCUT2D eigenvalue weighted by Gasteiger charge is 2.10. The van der Waals surface area contributed by atoms with E-state index in [1.807, 2.05) is 18.2 Å². The minimum absolute atomic E-state index is 0.674. The lowest BCUT2D eigenvalue weighted by molar-refractivity contribution is 0.213. The molecule has 0 bridgehead atoms. The zero-order chi connectivity index (χ0) is 11.8. The van der Waals surface area contributed by atoms with Gasteiger partial charge in [-0.05, 0) is 23.2 Å². The second-order valence-electron chi connectivity index (χ2n) is 3.56. The predicted molar refractivity (Wildman–Crippen MR) is 69.4 cm³/mol. The second-order valence-corrected chi connectivity index (χ2v) is 5.92. The summed E-state index contributed by atoms with van der Waals surface area (Å²) in [5, 5.41) is 0. The van der Waals surface area contributed by atoms with Crippen LogP contribution in [0.15, 0.2) is 30.8 Å². The van der Waals surface area contributed by atoms with Crippen LogP contribution in [-0.4, -0.2) is 22.4 Å². The average Bonchev–Trinajstić information content (AvgIpc) is 2.34. The van der Waals surface area contributed by atoms with Crippen molar-refractivity contribution in [1.82, 2.24) is 0 Å². The van der Waals surface area contributed by atoms with Gasteiger partial charge in [-0.1, -0.05) is 37.8 Å². The van der Waals surface area contributed by atoms with Crippen LogP contribution in [0, 0.1) is 0 Å². The molecule has 87 valence electrons. The van der Waals surface area contributed by atoms with Gasteiger partial charge in [0.15, 0.2) is 0 Å². The molecule has 0 aromatic heterocycles. The third-order valence-electron chi connectivity index (χ3n) is 2.33. The van der Waals surface area contributed by atoms with E-state index in [1.54, 1.807) is 7.11 Å². The summed E-state index contributed by atoms with van der Waals surface area (Å²) in [7, 11) is 0.924. The SMILES string of the molecule is C=Cc1cccc(CO[Si](CC)COC)c1. The van der Waals surface area contributed by atoms with Gasteiger partial charge in [-0.25, -0.2) is 0 Å². The van der Waals surface area contributed by atoms with E-state index >= 15 is 0 Å². The van der Waals surface area contributed by atoms with E-state index < -0.39 is 9.04 Å². The molecule has 2 nitrogen and oxygen atoms in total. The Morgan fingerprint density at radius 2 is 2.25 bits per heavy atom. The number of hydrogen-bond donors (Lipinski definition) is 0. The number of ether oxygens (including phenoxy) is 1. The molecule has 1 rings (SSSR count). The second kappa shape index (κ2) is 7.38. The molecule has 1 aromatic rings. The fourth-order valence-corrected chi connectivity index (χ4v) is 2.59. The number of methoxy groups -OCH3 is 1. The van der Waals surface area contributed by atoms with Crippen LogP contribution in [0.5, 0.6) is 0 Å². The lowest BCUT2D eigenvalue weighted by Crippen LogP contribution is -2.23. The van der Waals surface area contributed by atoms with E-state index in [4.69, 9.17) is 9.16 Å². The molecule has 0 aliphatic carbocycles. The predicted octanol–water partition coefficient (Wildman–Crippen LogP) is 3.04. The van der Waals surface area contributed by atoms with Gasteiger partial charge >= 0.3 is 0 Å². The molecule has 0 atom stereocenters. The van der Waals surface area contributed by atoms with Crippen LogP contribution >= 0.6 is 0 Å². The van der Waals surface area contributed by atoms with Crippen molar-refractivity contribution in [3.05, 3.63) is 42.0 Å². The van der Waals surface area contributed by atoms with E-state index in [9.17, 15) is 0 Å². The summed E-state index contributed by atoms with van der Waals surface area (Å²) in [6.45, 7) is 6.58. The quantitative estimate of drug-likeness (QED) is 0.676. The Morgan fingerprint density at radius 3 is 2.88 bits per heavy atom. The third-order valence-corrected chi connectivity index (χ3v) is 4.28. The summed E-state index contributed by atoms with van der Waals surface area (Å²) in [6, 6.07) is 9.32. The van der Waals surface area contributed by atoms with E-state index in [-0.39, 0.29) is 0 Å². The van der Waals surface area contributed by atoms with E-state index in [0.717, 1.165) is 17.8 Å². The highest BCUT2D eigenvalue weighted by Crippen LogP contribution is 2.09. The fourth-order valence-electron chi connectivity index (χ4n) is 1.40. The molecule has 16 heavy (non-hydrogen) atoms. The van der Waals surface area contributed by atoms with Crippen LogP contribution in [-0.2, 0) is 15.8 Å². The van der Waals surface area contributed by atoms with Crippen LogP contribution < -0.4 is 0 Å². The first-order chi connectivity index (χ1) is 7.80. The Bertz CT molecular complexity index is 325. The Labute approximate surface area is 99.6 Å². The summed E-state index contributed by atoms with van der Waals surface area (Å²) >= 11 is 0. The standard InChI is InChI=1S/C13H19O2Si/c1-4-12-7-6-8-13(9-12)10-15-16(5-2)11-14-3/h4,6-9H,1,5,10-11H2,2-3H3. The first-order valence-corrected chi connectivity index (χ1v) is 7.30. The number of benzene rings is 1. The maximum Gasteiger partial charge on any atom is 0.238 e. The molecular formula is C13H19O2Si. The molecule has 0 unspecified atom stereocenters. The summed E-state index contributed by atoms with van der Waals surface area (Å²) in [5.74, 6) is 0. The van der Waals surface area contributed by atoms with Crippen molar-refractivity contribution in [2.24, 2.45) is 0 Å². The summed E-state index contributed by atoms with van der Waals surface area (Å²) in [4.78, 5) is 0. The lowest BCUT2D eigenvalue weighted by atomic mass is 10.1. The zero-order valence-corrected chi connectivity index (χ0v) is 11.0. The first-order valence-electron chi connectivity index (χ1n) is 5.48. The molecule has 0 aliphatic heterocycles. The zero-order valence-electron chi connectivity index (χ0n) is 10.0. The Balaban J connectivity index is 2.49. The van der Waals surface area contributed by atoms with Crippen molar-refractivity contribution < 1.29 is 9.16 Å². The van der Waals surface area contributed by atoms with Gasteiger partial charge in [-0.3, -0.25) is 0 Å². The van der Waals surface area contributed by atoms with Crippen molar-refractivity contribution in [1.29, 1.82) is 0 Å². The molecular weight excluding hydrogens is 216 g/mol. The minimum Gasteiger partial charge on any atom is -0.410 e. The fraction of sp³-hybridized carbons (Fsp3) is 0.385. The molecule has 1 aromatic carbocycles. The Kier molecular flexibility index (Phi) is 6.07. The molecule has 0 spiro atoms. The van der Waals surface area contributed by atoms with Crippen LogP contribution in [0.25, 0.3) is 6.08 Å². The third kappa shape index (κ3) is 4.31. The molecule has 0 N–H and O–H groups in total. The molecule has 0 fully saturated rings. The monoisotopic (exact) mass is 235 g/mol. The van der Waals surface area contributed by atoms with Gasteiger partial charge < -0.3 is 9.16 Å². The summed E-state index contributed by atoms with van der Waals surface area (Å²) in [6.07, 6.45) is 2.60. The highest BCUT2D eigenvalue weighted by molar-refractivity contribution is 6.51. The van der Waals surface area contributed by atoms with Crippen LogP contribution in [0.3, 0.4) is 0 Å². The molecule has 3 heteroatoms. The largest absolute Gasteiger partial charge is 0.410 e. The van der Waals surface area contributed by atoms with Crippen LogP contribution in [0.2, 0.25) is 6.04 Å². The van der Waals surface area contributed by atoms with Gasteiger partial charge in [0.25, 0.3) is 0 Å². The van der Waals surface area contributed by atoms with Gasteiger partial charge in [-0.15, -0.1) is 0 Å². The number of rotatable bonds is 7. The molecule has 0 aliphatic rings. The van der Waals surface area contributed by atoms with Gasteiger partial charge in [0, 0.05) is 7.11 Å². The maximum atomic E-state index is 5.86. The van der Waals surface area contributed by atoms with Crippen molar-refractivity contribution in [2.75, 3.05) is 13.3 Å². The maximum absolute atomic E-state index is 5.86. The van der Waals surface area contributed by atoms with Crippen molar-refractivity contribution in [3.8, 4) is 0 Å². The lowest BCUT2D eigenvalue weighted by Gasteiger charge is -2.12. The van der Waals surface area contributed by atoms with Crippen molar-refractivity contribution in [2.45, 2.75) is 19.6 Å². The molecule has 1 radical (unpaired) electrons. The molecule has 0 heterocycles. The van der Waals surface area contributed by atoms with Gasteiger partial charge in [0.1, 0.15) is 0 Å². The Morgan fingerprint density at radius 1 is 1.44 bits per heavy atom. The van der Waals surface area contributed by atoms with Crippen molar-refractivity contribution in [3.63, 3.8) is 0 Å². The smallest absolute Gasteiger partial charge is 0.238 e. The molecule has 0 saturated carbocycles. The van der Waals surface area contributed by atoms with Crippen LogP contribution in [0.4, 0.5) is 0 Å². The topological polar surface area (TPSA) is 18.5 Å². The van der Waals surface area contributed by atoms with E-state index in [0.29, 0.717) is 6.61 Å². The van der Waals surface area contributed by atoms with Gasteiger partial charge in [-0.2, -0.15) is 0 Å². The highest BCUT2D eigenvalue weighted by atomic mass is 28.3. The number of hydrogen-bond acceptors (Lipinski definition) is 2. The first kappa shape index (κ1) is 13.2. The minimum atomic E-state index is -0.800. The summed E-state index contributed by atoms with van der Waals surface area (Å²) < 4.78 is 11.0. The van der Waals surface area contributed by atoms with E-state index in [2.05, 4.69) is 25.6 Å². The van der Waals surface area contributed by atoms with Crippen molar-refractivity contribution >= 4 is 15.1 Å². The van der Waals surface area contributed by atoms with E-state index in [1.165, 1.54) is 5.56 Å². The van der Waals surface area contributed by atoms with Crippen LogP contribution in [0.1, 0.15) is 18.1 Å². The molecule has 0 saturated heterocycles. The van der Waals surface area contributed by atoms with Gasteiger partial charge in [0.05, 0.1) is 12.8 Å². The average molecular weight is 235 g/mol. The Hall–Kier alpha value is -0.903.